The van der Waals surface area contributed by atoms with E-state index in [4.69, 9.17) is 21.1 Å². The number of anilines is 2. The number of benzene rings is 3. The Hall–Kier alpha value is -5.95. The van der Waals surface area contributed by atoms with Gasteiger partial charge in [0.05, 0.1) is 17.6 Å². The first-order chi connectivity index (χ1) is 33.5. The fraction of sp³-hybridized carbons (Fsp3) is 0.500. The van der Waals surface area contributed by atoms with Crippen LogP contribution in [0.3, 0.4) is 0 Å². The fourth-order valence-corrected chi connectivity index (χ4v) is 12.4. The Kier molecular flexibility index (Phi) is 12.1. The molecular weight excluding hydrogens is 877 g/mol. The number of urea groups is 1. The number of ether oxygens (including phenoxy) is 1. The van der Waals surface area contributed by atoms with E-state index in [-0.39, 0.29) is 45.5 Å². The number of aromatic nitrogens is 3. The average Bonchev–Trinajstić information content (AvgIpc) is 4.05. The summed E-state index contributed by atoms with van der Waals surface area (Å²) in [4.78, 5) is 46.9. The molecule has 15 heteroatoms. The van der Waals surface area contributed by atoms with Gasteiger partial charge in [-0.15, -0.1) is 6.42 Å². The second-order valence-corrected chi connectivity index (χ2v) is 20.9. The Labute approximate surface area is 402 Å². The highest BCUT2D eigenvalue weighted by molar-refractivity contribution is 6.03. The Morgan fingerprint density at radius 3 is 2.42 bits per heavy atom. The van der Waals surface area contributed by atoms with E-state index in [1.165, 1.54) is 55.5 Å². The van der Waals surface area contributed by atoms with Gasteiger partial charge < -0.3 is 40.0 Å². The maximum atomic E-state index is 17.1. The minimum absolute atomic E-state index is 0.0119. The molecule has 6 fully saturated rings. The summed E-state index contributed by atoms with van der Waals surface area (Å²) in [7, 11) is 1.61. The molecule has 0 radical (unpaired) electrons. The van der Waals surface area contributed by atoms with Crippen LogP contribution in [0.15, 0.2) is 54.7 Å². The largest absolute Gasteiger partial charge is 0.508 e. The lowest BCUT2D eigenvalue weighted by molar-refractivity contribution is -0.107. The van der Waals surface area contributed by atoms with E-state index in [2.05, 4.69) is 48.4 Å². The summed E-state index contributed by atoms with van der Waals surface area (Å²) < 4.78 is 38.7. The number of nitrogens with one attached hydrogen (secondary N) is 2. The van der Waals surface area contributed by atoms with Crippen molar-refractivity contribution in [2.75, 3.05) is 75.8 Å². The molecule has 11 rings (SSSR count). The molecule has 2 aliphatic carbocycles. The van der Waals surface area contributed by atoms with Crippen molar-refractivity contribution in [2.24, 2.45) is 10.8 Å². The molecule has 6 heterocycles. The topological polar surface area (TPSA) is 139 Å². The van der Waals surface area contributed by atoms with E-state index in [0.717, 1.165) is 96.3 Å². The molecule has 2 bridgehead atoms. The lowest BCUT2D eigenvalue weighted by atomic mass is 9.59. The average molecular weight is 938 g/mol. The van der Waals surface area contributed by atoms with Gasteiger partial charge in [-0.25, -0.2) is 13.6 Å². The molecule has 2 atom stereocenters. The van der Waals surface area contributed by atoms with Gasteiger partial charge in [-0.05, 0) is 143 Å². The van der Waals surface area contributed by atoms with Gasteiger partial charge in [-0.2, -0.15) is 9.97 Å². The van der Waals surface area contributed by atoms with Gasteiger partial charge in [0.1, 0.15) is 34.9 Å². The highest BCUT2D eigenvalue weighted by Gasteiger charge is 2.51. The molecular formula is C54H61F2N9O4. The number of carbonyl (C=O) groups excluding carboxylic acids is 2. The van der Waals surface area contributed by atoms with Crippen LogP contribution in [-0.4, -0.2) is 126 Å². The standard InChI is InChI=1S/C54H61F2N9O4/c1-3-42-45(55)12-7-36-25-41(67)26-43(46(36)42)48-47(56)49-44(29-58-48)50(64-30-37-8-9-38(31-64)59-37)61-51(60-49)69-33-54(15-16-54)32-62-22-17-53(18-23-62)27-40(28-53)63-20-13-35(14-21-63)34-5-10-39(11-6-34)65(19-4-24-66)52(68)57-2/h1,5-7,10-12,24-26,29,35,37-38,40,59,67H,4,8-9,13-23,27-28,30-33H2,2H3,(H,57,68). The van der Waals surface area contributed by atoms with Gasteiger partial charge in [-0.3, -0.25) is 9.88 Å². The molecule has 4 aliphatic heterocycles. The summed E-state index contributed by atoms with van der Waals surface area (Å²) in [6, 6.07) is 15.1. The zero-order valence-electron chi connectivity index (χ0n) is 39.4. The van der Waals surface area contributed by atoms with Crippen LogP contribution in [0.1, 0.15) is 87.7 Å². The Morgan fingerprint density at radius 1 is 1.00 bits per heavy atom. The Bertz CT molecular complexity index is 2800. The van der Waals surface area contributed by atoms with Gasteiger partial charge in [0.2, 0.25) is 0 Å². The van der Waals surface area contributed by atoms with Crippen LogP contribution in [0.5, 0.6) is 11.8 Å². The number of amides is 2. The molecule has 5 aromatic rings. The van der Waals surface area contributed by atoms with Gasteiger partial charge in [-0.1, -0.05) is 24.1 Å². The number of piperidine rings is 2. The molecule has 2 amide bonds. The number of hydrogen-bond donors (Lipinski definition) is 3. The summed E-state index contributed by atoms with van der Waals surface area (Å²) >= 11 is 0. The Morgan fingerprint density at radius 2 is 1.74 bits per heavy atom. The third-order valence-electron chi connectivity index (χ3n) is 16.5. The van der Waals surface area contributed by atoms with Crippen molar-refractivity contribution in [1.29, 1.82) is 0 Å². The smallest absolute Gasteiger partial charge is 0.321 e. The van der Waals surface area contributed by atoms with Crippen molar-refractivity contribution < 1.29 is 28.2 Å². The first-order valence-electron chi connectivity index (χ1n) is 25.0. The van der Waals surface area contributed by atoms with Crippen molar-refractivity contribution in [3.05, 3.63) is 77.5 Å². The highest BCUT2D eigenvalue weighted by Crippen LogP contribution is 2.53. The zero-order chi connectivity index (χ0) is 47.4. The lowest BCUT2D eigenvalue weighted by Gasteiger charge is -2.56. The number of piperazine rings is 1. The van der Waals surface area contributed by atoms with E-state index in [1.54, 1.807) is 18.1 Å². The number of phenols is 1. The third-order valence-corrected chi connectivity index (χ3v) is 16.5. The number of aromatic hydroxyl groups is 1. The number of phenolic OH excluding ortho intramolecular Hbond substituents is 1. The Balaban J connectivity index is 0.728. The third kappa shape index (κ3) is 8.85. The number of terminal acetylenes is 1. The van der Waals surface area contributed by atoms with Crippen molar-refractivity contribution >= 4 is 45.5 Å². The monoisotopic (exact) mass is 937 g/mol. The number of carbonyl (C=O) groups is 2. The summed E-state index contributed by atoms with van der Waals surface area (Å²) in [5, 5.41) is 18.3. The quantitative estimate of drug-likeness (QED) is 0.0789. The minimum Gasteiger partial charge on any atom is -0.508 e. The molecule has 360 valence electrons. The number of hydrogen-bond acceptors (Lipinski definition) is 11. The van der Waals surface area contributed by atoms with Crippen LogP contribution in [0.25, 0.3) is 32.9 Å². The van der Waals surface area contributed by atoms with Gasteiger partial charge in [0, 0.05) is 86.0 Å². The van der Waals surface area contributed by atoms with Crippen LogP contribution in [-0.2, 0) is 4.79 Å². The van der Waals surface area contributed by atoms with Gasteiger partial charge >= 0.3 is 12.0 Å². The number of nitrogens with zero attached hydrogens (tertiary/aromatic N) is 7. The van der Waals surface area contributed by atoms with Crippen LogP contribution in [0, 0.1) is 34.8 Å². The van der Waals surface area contributed by atoms with Gasteiger partial charge in [0.15, 0.2) is 5.82 Å². The number of rotatable bonds is 13. The zero-order valence-corrected chi connectivity index (χ0v) is 39.4. The summed E-state index contributed by atoms with van der Waals surface area (Å²) in [6.07, 6.45) is 20.0. The number of aldehydes is 1. The molecule has 2 saturated carbocycles. The van der Waals surface area contributed by atoms with Crippen molar-refractivity contribution in [1.82, 2.24) is 35.4 Å². The highest BCUT2D eigenvalue weighted by atomic mass is 19.1. The van der Waals surface area contributed by atoms with Crippen LogP contribution >= 0.6 is 0 Å². The van der Waals surface area contributed by atoms with E-state index < -0.39 is 11.6 Å². The predicted octanol–water partition coefficient (Wildman–Crippen LogP) is 7.77. The van der Waals surface area contributed by atoms with E-state index in [1.807, 2.05) is 12.1 Å². The second-order valence-electron chi connectivity index (χ2n) is 20.9. The molecule has 2 aromatic heterocycles. The van der Waals surface area contributed by atoms with Crippen molar-refractivity contribution in [3.8, 4) is 35.4 Å². The first kappa shape index (κ1) is 45.5. The molecule has 6 aliphatic rings. The maximum absolute atomic E-state index is 17.1. The molecule has 3 aromatic carbocycles. The number of likely N-dealkylation sites (tertiary alicyclic amines) is 2. The van der Waals surface area contributed by atoms with Gasteiger partial charge in [0.25, 0.3) is 0 Å². The number of halogens is 2. The summed E-state index contributed by atoms with van der Waals surface area (Å²) in [5.74, 6) is 2.06. The van der Waals surface area contributed by atoms with Crippen molar-refractivity contribution in [2.45, 2.75) is 94.7 Å². The molecule has 2 unspecified atom stereocenters. The predicted molar refractivity (Wildman–Crippen MR) is 263 cm³/mol. The first-order valence-corrected chi connectivity index (χ1v) is 25.0. The molecule has 4 saturated heterocycles. The number of pyridine rings is 1. The second kappa shape index (κ2) is 18.4. The van der Waals surface area contributed by atoms with Crippen LogP contribution in [0.4, 0.5) is 25.1 Å². The van der Waals surface area contributed by atoms with Crippen LogP contribution < -0.4 is 25.2 Å². The maximum Gasteiger partial charge on any atom is 0.321 e. The lowest BCUT2D eigenvalue weighted by Crippen LogP contribution is -2.56. The van der Waals surface area contributed by atoms with E-state index >= 15 is 8.78 Å². The molecule has 3 N–H and O–H groups in total. The molecule has 1 spiro atoms. The van der Waals surface area contributed by atoms with E-state index in [0.29, 0.717) is 71.0 Å². The number of fused-ring (bicyclic) bond motifs is 4. The summed E-state index contributed by atoms with van der Waals surface area (Å²) in [5.41, 5.74) is 2.66. The van der Waals surface area contributed by atoms with Crippen LogP contribution in [0.2, 0.25) is 0 Å². The minimum atomic E-state index is -0.715. The molecule has 69 heavy (non-hydrogen) atoms. The fourth-order valence-electron chi connectivity index (χ4n) is 12.4. The normalized spacial score (nSPS) is 22.4. The SMILES string of the molecule is C#Cc1c(F)ccc2cc(O)cc(-c3ncc4c(N5CC6CCC(C5)N6)nc(OCC5(CN6CCC7(CC6)CC(N6CCC(c8ccc(N(CCC=O)C(=O)NC)cc8)CC6)C7)CC5)nc4c3F)c12. The van der Waals surface area contributed by atoms with E-state index in [9.17, 15) is 14.7 Å². The summed E-state index contributed by atoms with van der Waals surface area (Å²) in [6.45, 7) is 7.56. The molecule has 13 nitrogen and oxygen atoms in total. The van der Waals surface area contributed by atoms with Crippen molar-refractivity contribution in [3.63, 3.8) is 0 Å².